The van der Waals surface area contributed by atoms with Crippen LogP contribution in [-0.4, -0.2) is 50.3 Å². The van der Waals surface area contributed by atoms with E-state index >= 15 is 0 Å². The van der Waals surface area contributed by atoms with Crippen LogP contribution in [0.15, 0.2) is 0 Å². The number of carbonyl (C=O) groups is 1. The molecule has 116 valence electrons. The summed E-state index contributed by atoms with van der Waals surface area (Å²) in [5.41, 5.74) is -0.804. The maximum absolute atomic E-state index is 11.5. The van der Waals surface area contributed by atoms with Gasteiger partial charge in [-0.2, -0.15) is 0 Å². The van der Waals surface area contributed by atoms with Crippen LogP contribution in [0.5, 0.6) is 0 Å². The van der Waals surface area contributed by atoms with Gasteiger partial charge in [0.15, 0.2) is 0 Å². The van der Waals surface area contributed by atoms with E-state index in [9.17, 15) is 9.69 Å². The Bertz CT molecular complexity index is 247. The van der Waals surface area contributed by atoms with Crippen LogP contribution in [0.4, 0.5) is 4.79 Å². The number of ether oxygens (including phenoxy) is 2. The van der Waals surface area contributed by atoms with E-state index in [2.05, 4.69) is 0 Å². The van der Waals surface area contributed by atoms with E-state index in [1.165, 1.54) is 19.5 Å². The third kappa shape index (κ3) is 6.63. The molecule has 0 aliphatic carbocycles. The molecule has 1 aliphatic rings. The van der Waals surface area contributed by atoms with E-state index in [0.29, 0.717) is 0 Å². The zero-order valence-corrected chi connectivity index (χ0v) is 13.3. The summed E-state index contributed by atoms with van der Waals surface area (Å²) in [6, 6.07) is 0. The summed E-state index contributed by atoms with van der Waals surface area (Å²) < 4.78 is 19.8. The maximum atomic E-state index is 11.5. The van der Waals surface area contributed by atoms with E-state index in [0.717, 1.165) is 13.2 Å². The van der Waals surface area contributed by atoms with Crippen molar-refractivity contribution in [3.05, 3.63) is 0 Å². The van der Waals surface area contributed by atoms with Gasteiger partial charge in [0.05, 0.1) is 0 Å². The van der Waals surface area contributed by atoms with Crippen molar-refractivity contribution in [1.82, 2.24) is 0 Å². The minimum atomic E-state index is -4.21. The minimum absolute atomic E-state index is 0.186. The van der Waals surface area contributed by atoms with Gasteiger partial charge >= 0.3 is 83.7 Å². The molecule has 1 rings (SSSR count). The first-order valence-corrected chi connectivity index (χ1v) is 9.18. The van der Waals surface area contributed by atoms with Crippen LogP contribution in [0.1, 0.15) is 33.6 Å². The molecular formula is C12H27O6P. The third-order valence-electron chi connectivity index (χ3n) is 2.37. The Labute approximate surface area is 115 Å². The summed E-state index contributed by atoms with van der Waals surface area (Å²) in [5.74, 6) is 0. The van der Waals surface area contributed by atoms with Crippen molar-refractivity contribution in [2.45, 2.75) is 33.6 Å². The van der Waals surface area contributed by atoms with Crippen molar-refractivity contribution in [3.63, 3.8) is 0 Å². The molecule has 0 amide bonds. The van der Waals surface area contributed by atoms with Crippen LogP contribution in [0.2, 0.25) is 0 Å². The Morgan fingerprint density at radius 2 is 1.58 bits per heavy atom. The first kappa shape index (κ1) is 18.7. The molecule has 1 heterocycles. The van der Waals surface area contributed by atoms with Crippen molar-refractivity contribution in [1.29, 1.82) is 0 Å². The van der Waals surface area contributed by atoms with Gasteiger partial charge in [0.2, 0.25) is 0 Å². The third-order valence-corrected chi connectivity index (χ3v) is 5.06. The zero-order chi connectivity index (χ0) is 14.8. The molecule has 0 saturated carbocycles. The van der Waals surface area contributed by atoms with Crippen molar-refractivity contribution in [2.75, 3.05) is 39.7 Å². The van der Waals surface area contributed by atoms with Crippen LogP contribution in [0.25, 0.3) is 0 Å². The fourth-order valence-electron chi connectivity index (χ4n) is 1.53. The quantitative estimate of drug-likeness (QED) is 0.760. The molecule has 0 bridgehead atoms. The van der Waals surface area contributed by atoms with Gasteiger partial charge in [-0.25, -0.2) is 0 Å². The summed E-state index contributed by atoms with van der Waals surface area (Å²) >= 11 is 0. The van der Waals surface area contributed by atoms with Crippen molar-refractivity contribution < 1.29 is 28.2 Å². The first-order valence-electron chi connectivity index (χ1n) is 6.71. The SMILES string of the molecule is C1CCOC1.CCOC(=O)P(C)(O)(OCC)OCC. The fraction of sp³-hybridized carbons (Fsp3) is 0.917. The molecule has 6 nitrogen and oxygen atoms in total. The van der Waals surface area contributed by atoms with E-state index in [1.54, 1.807) is 20.8 Å². The molecule has 0 aromatic rings. The zero-order valence-electron chi connectivity index (χ0n) is 12.4. The number of hydrogen-bond donors (Lipinski definition) is 1. The predicted octanol–water partition coefficient (Wildman–Crippen LogP) is 2.93. The number of rotatable bonds is 6. The van der Waals surface area contributed by atoms with Gasteiger partial charge in [0.25, 0.3) is 0 Å². The molecule has 1 N–H and O–H groups in total. The van der Waals surface area contributed by atoms with Crippen molar-refractivity contribution >= 4 is 13.0 Å². The summed E-state index contributed by atoms with van der Waals surface area (Å²) in [7, 11) is -4.21. The second-order valence-electron chi connectivity index (χ2n) is 4.16. The van der Waals surface area contributed by atoms with E-state index < -0.39 is 13.0 Å². The molecule has 0 spiro atoms. The molecule has 1 fully saturated rings. The van der Waals surface area contributed by atoms with Gasteiger partial charge in [-0.3, -0.25) is 0 Å². The van der Waals surface area contributed by atoms with Crippen LogP contribution >= 0.6 is 7.28 Å². The topological polar surface area (TPSA) is 74.2 Å². The second-order valence-corrected chi connectivity index (χ2v) is 7.66. The Hall–Kier alpha value is -0.260. The normalized spacial score (nSPS) is 17.0. The van der Waals surface area contributed by atoms with Gasteiger partial charge in [-0.1, -0.05) is 0 Å². The van der Waals surface area contributed by atoms with Crippen LogP contribution < -0.4 is 0 Å². The van der Waals surface area contributed by atoms with Gasteiger partial charge in [0, 0.05) is 13.2 Å². The van der Waals surface area contributed by atoms with Gasteiger partial charge in [-0.15, -0.1) is 0 Å². The van der Waals surface area contributed by atoms with E-state index in [4.69, 9.17) is 18.5 Å². The standard InChI is InChI=1S/C8H19O5P.C4H8O/c1-5-11-8(9)14(4,10,12-6-2)13-7-3;1-2-4-5-3-1/h10H,5-7H2,1-4H3;1-4H2. The van der Waals surface area contributed by atoms with Gasteiger partial charge in [-0.05, 0) is 12.8 Å². The Balaban J connectivity index is 0.000000532. The molecule has 1 saturated heterocycles. The summed E-state index contributed by atoms with van der Waals surface area (Å²) in [4.78, 5) is 21.6. The molecule has 0 radical (unpaired) electrons. The van der Waals surface area contributed by atoms with E-state index in [-0.39, 0.29) is 19.8 Å². The molecular weight excluding hydrogens is 271 g/mol. The van der Waals surface area contributed by atoms with E-state index in [1.807, 2.05) is 0 Å². The number of hydrogen-bond acceptors (Lipinski definition) is 6. The van der Waals surface area contributed by atoms with Gasteiger partial charge in [0.1, 0.15) is 0 Å². The predicted molar refractivity (Wildman–Crippen MR) is 75.4 cm³/mol. The van der Waals surface area contributed by atoms with Crippen molar-refractivity contribution in [3.8, 4) is 0 Å². The Morgan fingerprint density at radius 1 is 1.11 bits per heavy atom. The molecule has 0 unspecified atom stereocenters. The number of carbonyl (C=O) groups excluding carboxylic acids is 1. The second kappa shape index (κ2) is 8.82. The molecule has 0 aromatic heterocycles. The summed E-state index contributed by atoms with van der Waals surface area (Å²) in [6.07, 6.45) is 2.56. The van der Waals surface area contributed by atoms with Crippen molar-refractivity contribution in [2.24, 2.45) is 0 Å². The fourth-order valence-corrected chi connectivity index (χ4v) is 3.45. The molecule has 0 aromatic carbocycles. The molecule has 7 heteroatoms. The van der Waals surface area contributed by atoms with Gasteiger partial charge < -0.3 is 4.74 Å². The van der Waals surface area contributed by atoms with Crippen LogP contribution in [0, 0.1) is 0 Å². The van der Waals surface area contributed by atoms with Crippen LogP contribution in [0.3, 0.4) is 0 Å². The first-order chi connectivity index (χ1) is 8.89. The molecule has 1 aliphatic heterocycles. The molecule has 19 heavy (non-hydrogen) atoms. The summed E-state index contributed by atoms with van der Waals surface area (Å²) in [6.45, 7) is 8.88. The molecule has 0 atom stereocenters. The monoisotopic (exact) mass is 298 g/mol. The van der Waals surface area contributed by atoms with Crippen LogP contribution in [-0.2, 0) is 18.5 Å². The Kier molecular flexibility index (Phi) is 8.70. The Morgan fingerprint density at radius 3 is 1.84 bits per heavy atom. The average molecular weight is 298 g/mol. The summed E-state index contributed by atoms with van der Waals surface area (Å²) in [5, 5.41) is 0. The average Bonchev–Trinajstić information content (AvgIpc) is 2.88.